The number of carboxylic acids is 1. The molecule has 0 radical (unpaired) electrons. The summed E-state index contributed by atoms with van der Waals surface area (Å²) in [5.41, 5.74) is 1.91. The van der Waals surface area contributed by atoms with Gasteiger partial charge in [-0.15, -0.1) is 0 Å². The quantitative estimate of drug-likeness (QED) is 0.483. The molecule has 2 aromatic heterocycles. The first kappa shape index (κ1) is 21.2. The lowest BCUT2D eigenvalue weighted by Gasteiger charge is -2.11. The first-order chi connectivity index (χ1) is 15.2. The molecule has 7 nitrogen and oxygen atoms in total. The van der Waals surface area contributed by atoms with Crippen LogP contribution in [0.5, 0.6) is 0 Å². The molecular formula is C24H20FN3O4. The van der Waals surface area contributed by atoms with Crippen LogP contribution >= 0.6 is 0 Å². The van der Waals surface area contributed by atoms with Gasteiger partial charge in [-0.2, -0.15) is 5.10 Å². The molecule has 0 atom stereocenters. The fourth-order valence-electron chi connectivity index (χ4n) is 3.88. The number of aromatic nitrogens is 3. The highest BCUT2D eigenvalue weighted by Gasteiger charge is 2.21. The van der Waals surface area contributed by atoms with E-state index in [1.54, 1.807) is 55.7 Å². The van der Waals surface area contributed by atoms with Crippen molar-refractivity contribution >= 4 is 22.5 Å². The lowest BCUT2D eigenvalue weighted by atomic mass is 10.1. The van der Waals surface area contributed by atoms with Crippen LogP contribution < -0.4 is 5.56 Å². The van der Waals surface area contributed by atoms with Crippen molar-refractivity contribution in [3.05, 3.63) is 92.9 Å². The number of benzene rings is 2. The van der Waals surface area contributed by atoms with E-state index in [9.17, 15) is 23.9 Å². The van der Waals surface area contributed by atoms with E-state index in [0.29, 0.717) is 22.5 Å². The van der Waals surface area contributed by atoms with E-state index in [1.807, 2.05) is 0 Å². The van der Waals surface area contributed by atoms with Crippen molar-refractivity contribution in [3.63, 3.8) is 0 Å². The monoisotopic (exact) mass is 433 g/mol. The fraction of sp³-hybridized carbons (Fsp3) is 0.167. The lowest BCUT2D eigenvalue weighted by Crippen LogP contribution is -2.29. The van der Waals surface area contributed by atoms with Gasteiger partial charge in [-0.3, -0.25) is 9.59 Å². The summed E-state index contributed by atoms with van der Waals surface area (Å²) in [6, 6.07) is 12.7. The Bertz CT molecular complexity index is 1470. The number of carbonyl (C=O) groups excluding carboxylic acids is 1. The first-order valence-electron chi connectivity index (χ1n) is 9.91. The molecule has 0 amide bonds. The average Bonchev–Trinajstić information content (AvgIpc) is 3.06. The molecule has 0 saturated heterocycles. The summed E-state index contributed by atoms with van der Waals surface area (Å²) in [6.45, 7) is 4.78. The van der Waals surface area contributed by atoms with E-state index in [0.717, 1.165) is 10.4 Å². The molecule has 2 aromatic carbocycles. The number of hydrogen-bond acceptors (Lipinski definition) is 4. The molecule has 0 aliphatic rings. The van der Waals surface area contributed by atoms with Gasteiger partial charge in [-0.1, -0.05) is 24.3 Å². The highest BCUT2D eigenvalue weighted by Crippen LogP contribution is 2.23. The summed E-state index contributed by atoms with van der Waals surface area (Å²) >= 11 is 0. The molecule has 2 heterocycles. The van der Waals surface area contributed by atoms with Gasteiger partial charge in [0.2, 0.25) is 0 Å². The van der Waals surface area contributed by atoms with Crippen LogP contribution in [0.3, 0.4) is 0 Å². The van der Waals surface area contributed by atoms with Crippen molar-refractivity contribution in [1.29, 1.82) is 0 Å². The number of fused-ring (bicyclic) bond motifs is 1. The minimum absolute atomic E-state index is 0.174. The molecule has 4 aromatic rings. The topological polar surface area (TPSA) is 94.2 Å². The Morgan fingerprint density at radius 2 is 1.72 bits per heavy atom. The van der Waals surface area contributed by atoms with Crippen molar-refractivity contribution in [2.75, 3.05) is 0 Å². The van der Waals surface area contributed by atoms with Crippen molar-refractivity contribution in [2.45, 2.75) is 27.3 Å². The number of ketones is 1. The largest absolute Gasteiger partial charge is 0.476 e. The van der Waals surface area contributed by atoms with Crippen LogP contribution in [0.15, 0.2) is 53.3 Å². The van der Waals surface area contributed by atoms with Crippen molar-refractivity contribution in [1.82, 2.24) is 14.3 Å². The third kappa shape index (κ3) is 3.49. The van der Waals surface area contributed by atoms with Crippen molar-refractivity contribution in [2.24, 2.45) is 0 Å². The Morgan fingerprint density at radius 3 is 2.38 bits per heavy atom. The van der Waals surface area contributed by atoms with E-state index in [4.69, 9.17) is 0 Å². The zero-order valence-corrected chi connectivity index (χ0v) is 17.7. The van der Waals surface area contributed by atoms with E-state index < -0.39 is 23.9 Å². The molecule has 162 valence electrons. The summed E-state index contributed by atoms with van der Waals surface area (Å²) < 4.78 is 16.7. The second-order valence-corrected chi connectivity index (χ2v) is 7.64. The SMILES string of the molecule is Cc1ccc(-n2c(C)cc(C(=O)Cn3nc(C(=O)O)c4ccccc4c3=O)c2C)cc1F. The minimum atomic E-state index is -1.29. The first-order valence-corrected chi connectivity index (χ1v) is 9.91. The number of nitrogens with zero attached hydrogens (tertiary/aromatic N) is 3. The van der Waals surface area contributed by atoms with Crippen LogP contribution in [0.2, 0.25) is 0 Å². The van der Waals surface area contributed by atoms with Gasteiger partial charge in [0, 0.05) is 28.0 Å². The molecule has 0 fully saturated rings. The van der Waals surface area contributed by atoms with Gasteiger partial charge in [0.1, 0.15) is 12.4 Å². The van der Waals surface area contributed by atoms with Crippen LogP contribution in [0, 0.1) is 26.6 Å². The highest BCUT2D eigenvalue weighted by molar-refractivity contribution is 6.01. The van der Waals surface area contributed by atoms with Crippen LogP contribution in [-0.2, 0) is 6.54 Å². The molecule has 0 aliphatic carbocycles. The number of rotatable bonds is 5. The van der Waals surface area contributed by atoms with Gasteiger partial charge in [0.15, 0.2) is 11.5 Å². The lowest BCUT2D eigenvalue weighted by molar-refractivity contribution is 0.0688. The molecule has 32 heavy (non-hydrogen) atoms. The zero-order valence-electron chi connectivity index (χ0n) is 17.7. The molecule has 4 rings (SSSR count). The van der Waals surface area contributed by atoms with Crippen LogP contribution in [-0.4, -0.2) is 31.2 Å². The molecular weight excluding hydrogens is 413 g/mol. The maximum Gasteiger partial charge on any atom is 0.357 e. The van der Waals surface area contributed by atoms with E-state index in [2.05, 4.69) is 5.10 Å². The second kappa shape index (κ2) is 7.88. The standard InChI is InChI=1S/C24H20FN3O4/c1-13-8-9-16(11-20(13)25)28-14(2)10-19(15(28)3)21(29)12-27-23(30)18-7-5-4-6-17(18)22(26-27)24(31)32/h4-11H,12H2,1-3H3,(H,31,32). The van der Waals surface area contributed by atoms with Gasteiger partial charge < -0.3 is 9.67 Å². The predicted octanol–water partition coefficient (Wildman–Crippen LogP) is 3.83. The zero-order chi connectivity index (χ0) is 23.2. The van der Waals surface area contributed by atoms with Crippen LogP contribution in [0.1, 0.15) is 37.8 Å². The Labute approximate surface area is 182 Å². The Morgan fingerprint density at radius 1 is 1.03 bits per heavy atom. The Balaban J connectivity index is 1.77. The van der Waals surface area contributed by atoms with Crippen LogP contribution in [0.4, 0.5) is 4.39 Å². The summed E-state index contributed by atoms with van der Waals surface area (Å²) in [5, 5.41) is 13.8. The Kier molecular flexibility index (Phi) is 5.22. The molecule has 0 spiro atoms. The van der Waals surface area contributed by atoms with E-state index >= 15 is 0 Å². The number of hydrogen-bond donors (Lipinski definition) is 1. The number of aromatic carboxylic acids is 1. The predicted molar refractivity (Wildman–Crippen MR) is 117 cm³/mol. The van der Waals surface area contributed by atoms with Crippen LogP contribution in [0.25, 0.3) is 16.5 Å². The molecule has 0 saturated carbocycles. The van der Waals surface area contributed by atoms with Crippen molar-refractivity contribution < 1.29 is 19.1 Å². The number of halogens is 1. The Hall–Kier alpha value is -4.07. The normalized spacial score (nSPS) is 11.1. The van der Waals surface area contributed by atoms with E-state index in [-0.39, 0.29) is 22.3 Å². The number of carbonyl (C=O) groups is 2. The smallest absolute Gasteiger partial charge is 0.357 e. The van der Waals surface area contributed by atoms with Gasteiger partial charge in [0.25, 0.3) is 5.56 Å². The van der Waals surface area contributed by atoms with Gasteiger partial charge in [-0.05, 0) is 50.6 Å². The maximum absolute atomic E-state index is 14.1. The highest BCUT2D eigenvalue weighted by atomic mass is 19.1. The molecule has 0 unspecified atom stereocenters. The molecule has 8 heteroatoms. The molecule has 1 N–H and O–H groups in total. The van der Waals surface area contributed by atoms with Crippen molar-refractivity contribution in [3.8, 4) is 5.69 Å². The third-order valence-electron chi connectivity index (χ3n) is 5.51. The number of aryl methyl sites for hydroxylation is 2. The number of carboxylic acid groups (broad SMARTS) is 1. The molecule has 0 bridgehead atoms. The average molecular weight is 433 g/mol. The summed E-state index contributed by atoms with van der Waals surface area (Å²) in [7, 11) is 0. The third-order valence-corrected chi connectivity index (χ3v) is 5.51. The second-order valence-electron chi connectivity index (χ2n) is 7.64. The number of Topliss-reactive ketones (excluding diaryl/α,β-unsaturated/α-hetero) is 1. The minimum Gasteiger partial charge on any atom is -0.476 e. The fourth-order valence-corrected chi connectivity index (χ4v) is 3.88. The van der Waals surface area contributed by atoms with Gasteiger partial charge in [-0.25, -0.2) is 13.9 Å². The molecule has 0 aliphatic heterocycles. The summed E-state index contributed by atoms with van der Waals surface area (Å²) in [5.74, 6) is -2.05. The summed E-state index contributed by atoms with van der Waals surface area (Å²) in [6.07, 6.45) is 0. The maximum atomic E-state index is 14.1. The van der Waals surface area contributed by atoms with Gasteiger partial charge in [0.05, 0.1) is 5.39 Å². The van der Waals surface area contributed by atoms with Gasteiger partial charge >= 0.3 is 5.97 Å². The summed E-state index contributed by atoms with van der Waals surface area (Å²) in [4.78, 5) is 37.6. The van der Waals surface area contributed by atoms with E-state index in [1.165, 1.54) is 18.2 Å².